The van der Waals surface area contributed by atoms with Crippen LogP contribution >= 0.6 is 11.3 Å². The molecule has 0 unspecified atom stereocenters. The number of benzene rings is 1. The first-order chi connectivity index (χ1) is 18.5. The standard InChI is InChI=1S/C31H37NO6S/c1-8-37-29(34)24-17(3)32-21-16-20(18-11-10-12-19(15-18)36-7)25(30(35)38-9-2)28(33)26(21)27(24)22-13-14-23(39-22)31(4,5)6/h10-15,20,25,27,32H,8-9,16H2,1-7H3/t20-,25+,27-/m0/s1. The fourth-order valence-corrected chi connectivity index (χ4v) is 6.58. The van der Waals surface area contributed by atoms with Crippen molar-refractivity contribution in [3.05, 3.63) is 74.3 Å². The van der Waals surface area contributed by atoms with Gasteiger partial charge in [-0.15, -0.1) is 11.3 Å². The number of hydrogen-bond donors (Lipinski definition) is 1. The van der Waals surface area contributed by atoms with Gasteiger partial charge in [0.05, 0.1) is 31.8 Å². The van der Waals surface area contributed by atoms with Gasteiger partial charge in [-0.1, -0.05) is 32.9 Å². The summed E-state index contributed by atoms with van der Waals surface area (Å²) in [6, 6.07) is 11.5. The average Bonchev–Trinajstić information content (AvgIpc) is 3.39. The Balaban J connectivity index is 1.90. The summed E-state index contributed by atoms with van der Waals surface area (Å²) in [4.78, 5) is 43.1. The summed E-state index contributed by atoms with van der Waals surface area (Å²) in [5, 5.41) is 3.35. The van der Waals surface area contributed by atoms with Crippen LogP contribution in [-0.4, -0.2) is 38.0 Å². The Morgan fingerprint density at radius 2 is 1.79 bits per heavy atom. The van der Waals surface area contributed by atoms with Gasteiger partial charge in [-0.05, 0) is 62.4 Å². The van der Waals surface area contributed by atoms with Crippen molar-refractivity contribution in [2.24, 2.45) is 5.92 Å². The first-order valence-corrected chi connectivity index (χ1v) is 14.2. The zero-order valence-corrected chi connectivity index (χ0v) is 24.5. The normalized spacial score (nSPS) is 21.3. The quantitative estimate of drug-likeness (QED) is 0.345. The highest BCUT2D eigenvalue weighted by atomic mass is 32.1. The van der Waals surface area contributed by atoms with Crippen molar-refractivity contribution in [1.29, 1.82) is 0 Å². The van der Waals surface area contributed by atoms with Crippen molar-refractivity contribution in [3.63, 3.8) is 0 Å². The number of ether oxygens (including phenoxy) is 3. The SMILES string of the molecule is CCOC(=O)C1=C(C)NC2=C(C(=O)[C@H](C(=O)OCC)[C@H](c3cccc(OC)c3)C2)[C@H]1c1ccc(C(C)(C)C)s1. The molecule has 4 rings (SSSR count). The molecular weight excluding hydrogens is 514 g/mol. The molecule has 208 valence electrons. The first kappa shape index (κ1) is 28.6. The van der Waals surface area contributed by atoms with Gasteiger partial charge in [0.25, 0.3) is 0 Å². The van der Waals surface area contributed by atoms with Gasteiger partial charge >= 0.3 is 11.9 Å². The Bertz CT molecular complexity index is 1340. The second-order valence-corrected chi connectivity index (χ2v) is 12.0. The van der Waals surface area contributed by atoms with Gasteiger partial charge in [-0.3, -0.25) is 9.59 Å². The maximum absolute atomic E-state index is 14.4. The Kier molecular flexibility index (Phi) is 8.35. The van der Waals surface area contributed by atoms with E-state index in [9.17, 15) is 14.4 Å². The Labute approximate surface area is 234 Å². The topological polar surface area (TPSA) is 90.9 Å². The molecule has 8 heteroatoms. The molecule has 2 heterocycles. The lowest BCUT2D eigenvalue weighted by Crippen LogP contribution is -2.43. The van der Waals surface area contributed by atoms with E-state index in [2.05, 4.69) is 32.2 Å². The number of nitrogens with one attached hydrogen (secondary N) is 1. The third-order valence-corrected chi connectivity index (χ3v) is 8.80. The molecule has 2 aliphatic rings. The van der Waals surface area contributed by atoms with Gasteiger partial charge < -0.3 is 19.5 Å². The fourth-order valence-electron chi connectivity index (χ4n) is 5.40. The molecule has 0 amide bonds. The van der Waals surface area contributed by atoms with Crippen molar-refractivity contribution in [2.45, 2.75) is 65.2 Å². The minimum atomic E-state index is -1.05. The molecule has 1 aliphatic carbocycles. The summed E-state index contributed by atoms with van der Waals surface area (Å²) in [6.45, 7) is 12.1. The molecule has 0 saturated heterocycles. The first-order valence-electron chi connectivity index (χ1n) is 13.3. The predicted molar refractivity (Wildman–Crippen MR) is 151 cm³/mol. The van der Waals surface area contributed by atoms with Crippen LogP contribution < -0.4 is 10.1 Å². The fraction of sp³-hybridized carbons (Fsp3) is 0.452. The van der Waals surface area contributed by atoms with Crippen LogP contribution in [0.5, 0.6) is 5.75 Å². The number of carbonyl (C=O) groups excluding carboxylic acids is 3. The zero-order valence-electron chi connectivity index (χ0n) is 23.7. The van der Waals surface area contributed by atoms with Crippen LogP contribution in [0.3, 0.4) is 0 Å². The largest absolute Gasteiger partial charge is 0.497 e. The Morgan fingerprint density at radius 1 is 1.08 bits per heavy atom. The maximum Gasteiger partial charge on any atom is 0.336 e. The van der Waals surface area contributed by atoms with Gasteiger partial charge in [-0.2, -0.15) is 0 Å². The van der Waals surface area contributed by atoms with Gasteiger partial charge in [0.15, 0.2) is 5.78 Å². The molecule has 1 N–H and O–H groups in total. The number of allylic oxidation sites excluding steroid dienone is 3. The minimum absolute atomic E-state index is 0.0998. The van der Waals surface area contributed by atoms with Crippen LogP contribution in [0.25, 0.3) is 0 Å². The van der Waals surface area contributed by atoms with Gasteiger partial charge in [-0.25, -0.2) is 4.79 Å². The van der Waals surface area contributed by atoms with Crippen molar-refractivity contribution in [3.8, 4) is 5.75 Å². The number of methoxy groups -OCH3 is 1. The lowest BCUT2D eigenvalue weighted by Gasteiger charge is -2.39. The van der Waals surface area contributed by atoms with Crippen molar-refractivity contribution < 1.29 is 28.6 Å². The predicted octanol–water partition coefficient (Wildman–Crippen LogP) is 5.77. The summed E-state index contributed by atoms with van der Waals surface area (Å²) >= 11 is 1.58. The van der Waals surface area contributed by atoms with Crippen LogP contribution in [-0.2, 0) is 29.3 Å². The molecule has 1 aromatic heterocycles. The molecule has 1 aromatic carbocycles. The van der Waals surface area contributed by atoms with E-state index in [4.69, 9.17) is 14.2 Å². The number of thiophene rings is 1. The monoisotopic (exact) mass is 551 g/mol. The van der Waals surface area contributed by atoms with Crippen molar-refractivity contribution in [1.82, 2.24) is 5.32 Å². The van der Waals surface area contributed by atoms with Gasteiger partial charge in [0, 0.05) is 32.6 Å². The third kappa shape index (κ3) is 5.53. The van der Waals surface area contributed by atoms with Gasteiger partial charge in [0.1, 0.15) is 11.7 Å². The van der Waals surface area contributed by atoms with Crippen LogP contribution in [0.2, 0.25) is 0 Å². The number of hydrogen-bond acceptors (Lipinski definition) is 8. The number of rotatable bonds is 7. The maximum atomic E-state index is 14.4. The molecule has 0 radical (unpaired) electrons. The minimum Gasteiger partial charge on any atom is -0.497 e. The van der Waals surface area contributed by atoms with Crippen LogP contribution in [0.4, 0.5) is 0 Å². The number of carbonyl (C=O) groups is 3. The van der Waals surface area contributed by atoms with E-state index in [0.29, 0.717) is 29.0 Å². The summed E-state index contributed by atoms with van der Waals surface area (Å²) < 4.78 is 16.3. The lowest BCUT2D eigenvalue weighted by atomic mass is 9.68. The second-order valence-electron chi connectivity index (χ2n) is 10.8. The molecule has 3 atom stereocenters. The van der Waals surface area contributed by atoms with Crippen LogP contribution in [0.15, 0.2) is 58.9 Å². The van der Waals surface area contributed by atoms with Crippen LogP contribution in [0, 0.1) is 5.92 Å². The molecular formula is C31H37NO6S. The number of dihydropyridines is 1. The highest BCUT2D eigenvalue weighted by Crippen LogP contribution is 2.50. The molecule has 0 saturated carbocycles. The highest BCUT2D eigenvalue weighted by molar-refractivity contribution is 7.12. The van der Waals surface area contributed by atoms with E-state index in [1.165, 1.54) is 0 Å². The Hall–Kier alpha value is -3.39. The highest BCUT2D eigenvalue weighted by Gasteiger charge is 2.49. The second kappa shape index (κ2) is 11.4. The van der Waals surface area contributed by atoms with E-state index in [1.807, 2.05) is 37.3 Å². The van der Waals surface area contributed by atoms with E-state index in [1.54, 1.807) is 32.3 Å². The summed E-state index contributed by atoms with van der Waals surface area (Å²) in [7, 11) is 1.58. The van der Waals surface area contributed by atoms with E-state index < -0.39 is 29.7 Å². The molecule has 0 fully saturated rings. The smallest absolute Gasteiger partial charge is 0.336 e. The zero-order chi connectivity index (χ0) is 28.5. The molecule has 1 aliphatic heterocycles. The van der Waals surface area contributed by atoms with E-state index >= 15 is 0 Å². The van der Waals surface area contributed by atoms with E-state index in [0.717, 1.165) is 21.0 Å². The summed E-state index contributed by atoms with van der Waals surface area (Å²) in [5.74, 6) is -2.87. The number of esters is 2. The van der Waals surface area contributed by atoms with E-state index in [-0.39, 0.29) is 24.4 Å². The van der Waals surface area contributed by atoms with Crippen molar-refractivity contribution in [2.75, 3.05) is 20.3 Å². The molecule has 7 nitrogen and oxygen atoms in total. The van der Waals surface area contributed by atoms with Gasteiger partial charge in [0.2, 0.25) is 0 Å². The molecule has 0 bridgehead atoms. The lowest BCUT2D eigenvalue weighted by molar-refractivity contribution is -0.152. The molecule has 39 heavy (non-hydrogen) atoms. The Morgan fingerprint density at radius 3 is 2.41 bits per heavy atom. The third-order valence-electron chi connectivity index (χ3n) is 7.23. The molecule has 0 spiro atoms. The number of ketones is 1. The van der Waals surface area contributed by atoms with Crippen molar-refractivity contribution >= 4 is 29.1 Å². The molecule has 2 aromatic rings. The summed E-state index contributed by atoms with van der Waals surface area (Å²) in [5.41, 5.74) is 2.91. The summed E-state index contributed by atoms with van der Waals surface area (Å²) in [6.07, 6.45) is 0.402. The van der Waals surface area contributed by atoms with Crippen LogP contribution in [0.1, 0.15) is 75.1 Å². The average molecular weight is 552 g/mol. The number of Topliss-reactive ketones (excluding diaryl/α,β-unsaturated/α-hetero) is 1.